The van der Waals surface area contributed by atoms with Crippen molar-refractivity contribution in [1.82, 2.24) is 0 Å². The molecule has 0 amide bonds. The summed E-state index contributed by atoms with van der Waals surface area (Å²) in [6, 6.07) is 0. The lowest BCUT2D eigenvalue weighted by molar-refractivity contribution is -0.146. The largest absolute Gasteiger partial charge is 0.464 e. The first-order chi connectivity index (χ1) is 12.1. The van der Waals surface area contributed by atoms with Crippen LogP contribution in [-0.4, -0.2) is 40.0 Å². The molecule has 0 atom stereocenters. The Bertz CT molecular complexity index is 545. The van der Waals surface area contributed by atoms with Crippen LogP contribution < -0.4 is 0 Å². The van der Waals surface area contributed by atoms with Crippen LogP contribution in [0.3, 0.4) is 0 Å². The zero-order valence-corrected chi connectivity index (χ0v) is 17.1. The first kappa shape index (κ1) is 24.4. The van der Waals surface area contributed by atoms with Gasteiger partial charge in [0, 0.05) is 51.4 Å². The second-order valence-electron chi connectivity index (χ2n) is 6.51. The molecule has 0 aromatic rings. The van der Waals surface area contributed by atoms with E-state index in [1.807, 2.05) is 0 Å². The second kappa shape index (κ2) is 12.7. The number of allylic oxidation sites excluding steroid dienone is 1. The molecule has 146 valence electrons. The summed E-state index contributed by atoms with van der Waals surface area (Å²) in [5.74, 6) is -0.963. The zero-order valence-electron chi connectivity index (χ0n) is 15.5. The standard InChI is InChI=1S/C19H27BrO6/c1-4-5-14(21)6-7-15(22)8-9-16(23)10-11-17(24)12-13-26-18(25)19(2,3)20/h4H,1,5-13H2,2-3H3. The van der Waals surface area contributed by atoms with Crippen molar-refractivity contribution >= 4 is 45.0 Å². The smallest absolute Gasteiger partial charge is 0.322 e. The minimum absolute atomic E-state index is 0.0158. The van der Waals surface area contributed by atoms with Gasteiger partial charge in [-0.2, -0.15) is 0 Å². The molecule has 0 radical (unpaired) electrons. The SMILES string of the molecule is C=CCC(=O)CCC(=O)CCC(=O)CCC(=O)CCOC(=O)C(C)(C)Br. The summed E-state index contributed by atoms with van der Waals surface area (Å²) in [7, 11) is 0. The van der Waals surface area contributed by atoms with Gasteiger partial charge in [0.25, 0.3) is 0 Å². The van der Waals surface area contributed by atoms with Crippen LogP contribution in [0.1, 0.15) is 65.2 Å². The Labute approximate surface area is 162 Å². The van der Waals surface area contributed by atoms with E-state index in [0.717, 1.165) is 0 Å². The Kier molecular flexibility index (Phi) is 11.9. The maximum absolute atomic E-state index is 11.7. The molecule has 0 bridgehead atoms. The molecule has 0 aliphatic rings. The molecule has 26 heavy (non-hydrogen) atoms. The Morgan fingerprint density at radius 1 is 0.808 bits per heavy atom. The fourth-order valence-electron chi connectivity index (χ4n) is 1.90. The number of carbonyl (C=O) groups excluding carboxylic acids is 5. The lowest BCUT2D eigenvalue weighted by Gasteiger charge is -2.14. The number of hydrogen-bond acceptors (Lipinski definition) is 6. The number of carbonyl (C=O) groups is 5. The molecule has 0 heterocycles. The number of esters is 1. The summed E-state index contributed by atoms with van der Waals surface area (Å²) in [6.07, 6.45) is 2.41. The van der Waals surface area contributed by atoms with E-state index >= 15 is 0 Å². The van der Waals surface area contributed by atoms with Crippen molar-refractivity contribution in [3.8, 4) is 0 Å². The van der Waals surface area contributed by atoms with Crippen LogP contribution in [0.4, 0.5) is 0 Å². The van der Waals surface area contributed by atoms with E-state index in [9.17, 15) is 24.0 Å². The monoisotopic (exact) mass is 430 g/mol. The van der Waals surface area contributed by atoms with Gasteiger partial charge < -0.3 is 4.74 Å². The summed E-state index contributed by atoms with van der Waals surface area (Å²) < 4.78 is 4.16. The van der Waals surface area contributed by atoms with Gasteiger partial charge in [-0.3, -0.25) is 24.0 Å². The van der Waals surface area contributed by atoms with Gasteiger partial charge in [-0.1, -0.05) is 22.0 Å². The predicted octanol–water partition coefficient (Wildman–Crippen LogP) is 3.29. The highest BCUT2D eigenvalue weighted by Crippen LogP contribution is 2.17. The molecule has 0 N–H and O–H groups in total. The van der Waals surface area contributed by atoms with Crippen molar-refractivity contribution < 1.29 is 28.7 Å². The zero-order chi connectivity index (χ0) is 20.2. The summed E-state index contributed by atoms with van der Waals surface area (Å²) in [4.78, 5) is 57.8. The van der Waals surface area contributed by atoms with E-state index < -0.39 is 10.3 Å². The molecular weight excluding hydrogens is 404 g/mol. The van der Waals surface area contributed by atoms with E-state index in [1.54, 1.807) is 13.8 Å². The summed E-state index contributed by atoms with van der Waals surface area (Å²) in [5, 5.41) is 0. The molecule has 0 aromatic heterocycles. The maximum atomic E-state index is 11.7. The molecule has 0 aliphatic carbocycles. The Morgan fingerprint density at radius 2 is 1.19 bits per heavy atom. The fourth-order valence-corrected chi connectivity index (χ4v) is 2.02. The first-order valence-corrected chi connectivity index (χ1v) is 9.39. The van der Waals surface area contributed by atoms with Crippen LogP contribution in [0.2, 0.25) is 0 Å². The molecule has 0 unspecified atom stereocenters. The third kappa shape index (κ3) is 12.7. The van der Waals surface area contributed by atoms with Crippen molar-refractivity contribution in [3.63, 3.8) is 0 Å². The Morgan fingerprint density at radius 3 is 1.58 bits per heavy atom. The van der Waals surface area contributed by atoms with Gasteiger partial charge in [0.2, 0.25) is 0 Å². The number of ketones is 4. The van der Waals surface area contributed by atoms with E-state index in [1.165, 1.54) is 6.08 Å². The van der Waals surface area contributed by atoms with Crippen molar-refractivity contribution in [1.29, 1.82) is 0 Å². The van der Waals surface area contributed by atoms with Crippen molar-refractivity contribution in [2.24, 2.45) is 0 Å². The Balaban J connectivity index is 3.86. The lowest BCUT2D eigenvalue weighted by atomic mass is 10.0. The molecular formula is C19H27BrO6. The van der Waals surface area contributed by atoms with Crippen molar-refractivity contribution in [2.45, 2.75) is 69.5 Å². The van der Waals surface area contributed by atoms with E-state index in [4.69, 9.17) is 4.74 Å². The number of halogens is 1. The average molecular weight is 431 g/mol. The number of Topliss-reactive ketones (excluding diaryl/α,β-unsaturated/α-hetero) is 4. The highest BCUT2D eigenvalue weighted by Gasteiger charge is 2.25. The molecule has 6 nitrogen and oxygen atoms in total. The predicted molar refractivity (Wildman–Crippen MR) is 101 cm³/mol. The average Bonchev–Trinajstić information content (AvgIpc) is 2.55. The quantitative estimate of drug-likeness (QED) is 0.224. The van der Waals surface area contributed by atoms with Crippen LogP contribution in [-0.2, 0) is 28.7 Å². The third-order valence-electron chi connectivity index (χ3n) is 3.52. The number of rotatable bonds is 15. The molecule has 0 aromatic carbocycles. The second-order valence-corrected chi connectivity index (χ2v) is 8.49. The van der Waals surface area contributed by atoms with E-state index in [0.29, 0.717) is 0 Å². The van der Waals surface area contributed by atoms with Gasteiger partial charge in [-0.25, -0.2) is 0 Å². The molecule has 0 spiro atoms. The normalized spacial score (nSPS) is 10.9. The van der Waals surface area contributed by atoms with Gasteiger partial charge in [0.1, 0.15) is 27.5 Å². The molecule has 0 aliphatic heterocycles. The molecule has 0 saturated carbocycles. The minimum Gasteiger partial charge on any atom is -0.464 e. The number of ether oxygens (including phenoxy) is 1. The number of alkyl halides is 1. The third-order valence-corrected chi connectivity index (χ3v) is 3.84. The van der Waals surface area contributed by atoms with Gasteiger partial charge in [-0.05, 0) is 13.8 Å². The molecule has 0 saturated heterocycles. The number of hydrogen-bond donors (Lipinski definition) is 0. The van der Waals surface area contributed by atoms with Crippen LogP contribution in [0, 0.1) is 0 Å². The van der Waals surface area contributed by atoms with Crippen molar-refractivity contribution in [3.05, 3.63) is 12.7 Å². The van der Waals surface area contributed by atoms with Crippen LogP contribution in [0.5, 0.6) is 0 Å². The summed E-state index contributed by atoms with van der Waals surface area (Å²) >= 11 is 3.16. The summed E-state index contributed by atoms with van der Waals surface area (Å²) in [5.41, 5.74) is 0. The lowest BCUT2D eigenvalue weighted by Crippen LogP contribution is -2.27. The fraction of sp³-hybridized carbons (Fsp3) is 0.632. The first-order valence-electron chi connectivity index (χ1n) is 8.60. The molecule has 0 fully saturated rings. The minimum atomic E-state index is -0.797. The van der Waals surface area contributed by atoms with Crippen molar-refractivity contribution in [2.75, 3.05) is 6.61 Å². The topological polar surface area (TPSA) is 94.6 Å². The van der Waals surface area contributed by atoms with Gasteiger partial charge in [-0.15, -0.1) is 6.58 Å². The van der Waals surface area contributed by atoms with Crippen LogP contribution in [0.15, 0.2) is 12.7 Å². The van der Waals surface area contributed by atoms with E-state index in [-0.39, 0.29) is 81.1 Å². The Hall–Kier alpha value is -1.63. The van der Waals surface area contributed by atoms with E-state index in [2.05, 4.69) is 22.5 Å². The summed E-state index contributed by atoms with van der Waals surface area (Å²) in [6.45, 7) is 6.73. The maximum Gasteiger partial charge on any atom is 0.322 e. The van der Waals surface area contributed by atoms with Crippen LogP contribution >= 0.6 is 15.9 Å². The molecule has 7 heteroatoms. The highest BCUT2D eigenvalue weighted by atomic mass is 79.9. The van der Waals surface area contributed by atoms with Gasteiger partial charge in [0.05, 0.1) is 6.61 Å². The van der Waals surface area contributed by atoms with Gasteiger partial charge >= 0.3 is 5.97 Å². The highest BCUT2D eigenvalue weighted by molar-refractivity contribution is 9.10. The molecule has 0 rings (SSSR count). The van der Waals surface area contributed by atoms with Crippen LogP contribution in [0.25, 0.3) is 0 Å². The van der Waals surface area contributed by atoms with Gasteiger partial charge in [0.15, 0.2) is 0 Å².